The summed E-state index contributed by atoms with van der Waals surface area (Å²) in [5, 5.41) is 0.747. The fraction of sp³-hybridized carbons (Fsp3) is 0.500. The van der Waals surface area contributed by atoms with E-state index in [1.165, 1.54) is 6.42 Å². The first-order chi connectivity index (χ1) is 8.62. The summed E-state index contributed by atoms with van der Waals surface area (Å²) >= 11 is 6.32. The van der Waals surface area contributed by atoms with Crippen molar-refractivity contribution in [3.8, 4) is 0 Å². The van der Waals surface area contributed by atoms with Crippen LogP contribution in [-0.2, 0) is 0 Å². The maximum Gasteiger partial charge on any atom is 0.196 e. The van der Waals surface area contributed by atoms with Crippen LogP contribution in [0.2, 0.25) is 5.02 Å². The Morgan fingerprint density at radius 3 is 2.89 bits per heavy atom. The molecule has 2 N–H and O–H groups in total. The zero-order valence-corrected chi connectivity index (χ0v) is 11.3. The van der Waals surface area contributed by atoms with Crippen molar-refractivity contribution in [2.24, 2.45) is 16.6 Å². The Bertz CT molecular complexity index is 500. The van der Waals surface area contributed by atoms with Gasteiger partial charge in [0.25, 0.3) is 0 Å². The first kappa shape index (κ1) is 11.8. The summed E-state index contributed by atoms with van der Waals surface area (Å²) in [5.41, 5.74) is 7.15. The Labute approximate surface area is 113 Å². The Kier molecular flexibility index (Phi) is 2.74. The highest BCUT2D eigenvalue weighted by molar-refractivity contribution is 6.34. The van der Waals surface area contributed by atoms with E-state index < -0.39 is 0 Å². The maximum absolute atomic E-state index is 6.32. The van der Waals surface area contributed by atoms with E-state index in [9.17, 15) is 0 Å². The molecule has 3 nitrogen and oxygen atoms in total. The molecule has 1 spiro atoms. The van der Waals surface area contributed by atoms with E-state index in [2.05, 4.69) is 16.8 Å². The molecule has 1 aliphatic carbocycles. The van der Waals surface area contributed by atoms with Crippen LogP contribution in [0.5, 0.6) is 0 Å². The van der Waals surface area contributed by atoms with E-state index >= 15 is 0 Å². The number of aliphatic imine (C=N–C) groups is 1. The Hall–Kier alpha value is -1.22. The lowest BCUT2D eigenvalue weighted by atomic mass is 9.94. The average molecular weight is 264 g/mol. The van der Waals surface area contributed by atoms with Gasteiger partial charge in [-0.25, -0.2) is 0 Å². The van der Waals surface area contributed by atoms with Gasteiger partial charge in [0.1, 0.15) is 0 Å². The second-order valence-electron chi connectivity index (χ2n) is 5.53. The van der Waals surface area contributed by atoms with Crippen LogP contribution in [0.4, 0.5) is 5.69 Å². The van der Waals surface area contributed by atoms with Gasteiger partial charge in [-0.2, -0.15) is 0 Å². The fourth-order valence-electron chi connectivity index (χ4n) is 3.34. The third-order valence-electron chi connectivity index (χ3n) is 4.16. The SMILES string of the molecule is CC1CCC2(CN=C(N)N2c2ccccc2Cl)C1. The van der Waals surface area contributed by atoms with Gasteiger partial charge in [-0.15, -0.1) is 0 Å². The van der Waals surface area contributed by atoms with Gasteiger partial charge in [-0.1, -0.05) is 30.7 Å². The predicted molar refractivity (Wildman–Crippen MR) is 76.2 cm³/mol. The number of hydrogen-bond acceptors (Lipinski definition) is 3. The molecule has 2 unspecified atom stereocenters. The number of hydrogen-bond donors (Lipinski definition) is 1. The van der Waals surface area contributed by atoms with Crippen LogP contribution in [0.15, 0.2) is 29.3 Å². The van der Waals surface area contributed by atoms with E-state index in [1.54, 1.807) is 0 Å². The molecular formula is C14H18ClN3. The summed E-state index contributed by atoms with van der Waals surface area (Å²) in [7, 11) is 0. The molecule has 1 heterocycles. The summed E-state index contributed by atoms with van der Waals surface area (Å²) in [5.74, 6) is 1.34. The lowest BCUT2D eigenvalue weighted by Crippen LogP contribution is -2.50. The van der Waals surface area contributed by atoms with Crippen molar-refractivity contribution in [2.45, 2.75) is 31.7 Å². The van der Waals surface area contributed by atoms with Crippen molar-refractivity contribution < 1.29 is 0 Å². The van der Waals surface area contributed by atoms with Crippen molar-refractivity contribution in [2.75, 3.05) is 11.4 Å². The van der Waals surface area contributed by atoms with Crippen molar-refractivity contribution >= 4 is 23.2 Å². The number of rotatable bonds is 1. The number of para-hydroxylation sites is 1. The summed E-state index contributed by atoms with van der Waals surface area (Å²) in [6.07, 6.45) is 3.52. The van der Waals surface area contributed by atoms with E-state index in [0.717, 1.165) is 36.0 Å². The lowest BCUT2D eigenvalue weighted by Gasteiger charge is -2.36. The first-order valence-corrected chi connectivity index (χ1v) is 6.85. The topological polar surface area (TPSA) is 41.6 Å². The molecule has 1 fully saturated rings. The molecule has 0 saturated heterocycles. The highest BCUT2D eigenvalue weighted by Gasteiger charge is 2.47. The van der Waals surface area contributed by atoms with Crippen LogP contribution in [-0.4, -0.2) is 18.0 Å². The van der Waals surface area contributed by atoms with Gasteiger partial charge in [-0.05, 0) is 37.3 Å². The van der Waals surface area contributed by atoms with Crippen molar-refractivity contribution in [1.82, 2.24) is 0 Å². The van der Waals surface area contributed by atoms with E-state index in [1.807, 2.05) is 24.3 Å². The first-order valence-electron chi connectivity index (χ1n) is 6.47. The molecule has 1 aromatic carbocycles. The Balaban J connectivity index is 2.03. The van der Waals surface area contributed by atoms with Crippen LogP contribution in [0.1, 0.15) is 26.2 Å². The molecule has 2 atom stereocenters. The number of benzene rings is 1. The minimum Gasteiger partial charge on any atom is -0.369 e. The minimum absolute atomic E-state index is 0.0640. The molecule has 2 aliphatic rings. The van der Waals surface area contributed by atoms with Gasteiger partial charge in [0, 0.05) is 0 Å². The minimum atomic E-state index is 0.0640. The number of halogens is 1. The predicted octanol–water partition coefficient (Wildman–Crippen LogP) is 3.03. The van der Waals surface area contributed by atoms with Gasteiger partial charge >= 0.3 is 0 Å². The van der Waals surface area contributed by atoms with Crippen molar-refractivity contribution in [3.63, 3.8) is 0 Å². The molecule has 18 heavy (non-hydrogen) atoms. The van der Waals surface area contributed by atoms with Gasteiger partial charge in [-0.3, -0.25) is 4.99 Å². The fourth-order valence-corrected chi connectivity index (χ4v) is 3.56. The summed E-state index contributed by atoms with van der Waals surface area (Å²) < 4.78 is 0. The summed E-state index contributed by atoms with van der Waals surface area (Å²) in [6.45, 7) is 3.10. The number of nitrogens with two attached hydrogens (primary N) is 1. The monoisotopic (exact) mass is 263 g/mol. The largest absolute Gasteiger partial charge is 0.369 e. The smallest absolute Gasteiger partial charge is 0.196 e. The second-order valence-corrected chi connectivity index (χ2v) is 5.94. The highest BCUT2D eigenvalue weighted by atomic mass is 35.5. The Morgan fingerprint density at radius 1 is 1.44 bits per heavy atom. The van der Waals surface area contributed by atoms with Gasteiger partial charge in [0.2, 0.25) is 0 Å². The maximum atomic E-state index is 6.32. The van der Waals surface area contributed by atoms with Crippen LogP contribution < -0.4 is 10.6 Å². The van der Waals surface area contributed by atoms with E-state index in [-0.39, 0.29) is 5.54 Å². The van der Waals surface area contributed by atoms with Gasteiger partial charge < -0.3 is 10.6 Å². The van der Waals surface area contributed by atoms with Crippen LogP contribution in [0.3, 0.4) is 0 Å². The standard InChI is InChI=1S/C14H18ClN3/c1-10-6-7-14(8-10)9-17-13(16)18(14)12-5-3-2-4-11(12)15/h2-5,10H,6-9H2,1H3,(H2,16,17). The molecule has 0 radical (unpaired) electrons. The molecule has 3 rings (SSSR count). The summed E-state index contributed by atoms with van der Waals surface area (Å²) in [6, 6.07) is 7.88. The lowest BCUT2D eigenvalue weighted by molar-refractivity contribution is 0.452. The summed E-state index contributed by atoms with van der Waals surface area (Å²) in [4.78, 5) is 6.63. The van der Waals surface area contributed by atoms with Gasteiger partial charge in [0.05, 0.1) is 22.8 Å². The molecule has 0 bridgehead atoms. The molecule has 96 valence electrons. The third kappa shape index (κ3) is 1.69. The Morgan fingerprint density at radius 2 is 2.22 bits per heavy atom. The molecule has 0 aromatic heterocycles. The number of anilines is 1. The molecule has 1 saturated carbocycles. The normalized spacial score (nSPS) is 31.1. The molecular weight excluding hydrogens is 246 g/mol. The van der Waals surface area contributed by atoms with Gasteiger partial charge in [0.15, 0.2) is 5.96 Å². The number of nitrogens with zero attached hydrogens (tertiary/aromatic N) is 2. The third-order valence-corrected chi connectivity index (χ3v) is 4.48. The quantitative estimate of drug-likeness (QED) is 0.846. The van der Waals surface area contributed by atoms with E-state index in [4.69, 9.17) is 17.3 Å². The number of guanidine groups is 1. The van der Waals surface area contributed by atoms with E-state index in [0.29, 0.717) is 5.96 Å². The second kappa shape index (κ2) is 4.16. The van der Waals surface area contributed by atoms with Crippen LogP contribution in [0.25, 0.3) is 0 Å². The molecule has 0 amide bonds. The highest BCUT2D eigenvalue weighted by Crippen LogP contribution is 2.45. The molecule has 1 aromatic rings. The average Bonchev–Trinajstić information content (AvgIpc) is 2.86. The van der Waals surface area contributed by atoms with Crippen LogP contribution >= 0.6 is 11.6 Å². The van der Waals surface area contributed by atoms with Crippen molar-refractivity contribution in [1.29, 1.82) is 0 Å². The zero-order valence-electron chi connectivity index (χ0n) is 10.6. The van der Waals surface area contributed by atoms with Crippen molar-refractivity contribution in [3.05, 3.63) is 29.3 Å². The van der Waals surface area contributed by atoms with Crippen LogP contribution in [0, 0.1) is 5.92 Å². The zero-order chi connectivity index (χ0) is 12.8. The molecule has 4 heteroatoms. The molecule has 1 aliphatic heterocycles.